The maximum absolute atomic E-state index is 13.8. The number of carboxylic acids is 1. The molecule has 1 aliphatic carbocycles. The van der Waals surface area contributed by atoms with Crippen molar-refractivity contribution < 1.29 is 37.0 Å². The van der Waals surface area contributed by atoms with Crippen molar-refractivity contribution in [2.24, 2.45) is 5.92 Å². The van der Waals surface area contributed by atoms with Crippen LogP contribution in [0.3, 0.4) is 0 Å². The second-order valence-electron chi connectivity index (χ2n) is 9.15. The first-order chi connectivity index (χ1) is 17.6. The lowest BCUT2D eigenvalue weighted by Crippen LogP contribution is -2.37. The molecule has 8 nitrogen and oxygen atoms in total. The monoisotopic (exact) mass is 522 g/mol. The fourth-order valence-corrected chi connectivity index (χ4v) is 4.53. The number of alkyl halides is 4. The molecule has 2 aromatic heterocycles. The topological polar surface area (TPSA) is 106 Å². The van der Waals surface area contributed by atoms with Gasteiger partial charge in [-0.1, -0.05) is 30.3 Å². The summed E-state index contributed by atoms with van der Waals surface area (Å²) < 4.78 is 60.1. The van der Waals surface area contributed by atoms with E-state index in [1.54, 1.807) is 24.3 Å². The van der Waals surface area contributed by atoms with Gasteiger partial charge in [0.05, 0.1) is 30.0 Å². The number of amides is 1. The van der Waals surface area contributed by atoms with Crippen LogP contribution in [-0.4, -0.2) is 44.1 Å². The standard InChI is InChI=1S/C25H26F4N4O4/c26-20(27)11-18(23(34)35)17-10-21-31-19(13-33(21)30-12-17)22(16-6-8-25(28,29)9-7-16)32-24(36)37-14-15-4-2-1-3-5-15/h1-5,10,12-13,16,18,20,22H,6-9,11,14H2,(H,32,36)(H,34,35). The zero-order valence-corrected chi connectivity index (χ0v) is 19.7. The molecule has 3 aromatic rings. The number of carbonyl (C=O) groups is 2. The van der Waals surface area contributed by atoms with Gasteiger partial charge in [0.2, 0.25) is 12.3 Å². The van der Waals surface area contributed by atoms with Crippen LogP contribution in [0.4, 0.5) is 22.4 Å². The SMILES string of the molecule is O=C(NC(c1cn2ncc(C(CC(F)F)C(=O)O)cc2n1)C1CCC(F)(F)CC1)OCc1ccccc1. The first-order valence-electron chi connectivity index (χ1n) is 11.8. The molecule has 2 atom stereocenters. The number of carboxylic acid groups (broad SMARTS) is 1. The fourth-order valence-electron chi connectivity index (χ4n) is 4.53. The van der Waals surface area contributed by atoms with Crippen LogP contribution in [0.15, 0.2) is 48.8 Å². The third-order valence-electron chi connectivity index (χ3n) is 6.51. The van der Waals surface area contributed by atoms with E-state index in [1.165, 1.54) is 23.0 Å². The van der Waals surface area contributed by atoms with Gasteiger partial charge in [-0.15, -0.1) is 0 Å². The van der Waals surface area contributed by atoms with Crippen molar-refractivity contribution in [1.82, 2.24) is 19.9 Å². The van der Waals surface area contributed by atoms with Crippen LogP contribution >= 0.6 is 0 Å². The zero-order chi connectivity index (χ0) is 26.6. The number of nitrogens with one attached hydrogen (secondary N) is 1. The molecule has 2 heterocycles. The number of aromatic nitrogens is 3. The van der Waals surface area contributed by atoms with E-state index in [0.717, 1.165) is 5.56 Å². The van der Waals surface area contributed by atoms with Gasteiger partial charge in [-0.2, -0.15) is 5.10 Å². The second kappa shape index (κ2) is 11.1. The average Bonchev–Trinajstić information content (AvgIpc) is 3.28. The van der Waals surface area contributed by atoms with Crippen molar-refractivity contribution in [3.63, 3.8) is 0 Å². The number of hydrogen-bond donors (Lipinski definition) is 2. The lowest BCUT2D eigenvalue weighted by molar-refractivity contribution is -0.139. The Hall–Kier alpha value is -3.70. The van der Waals surface area contributed by atoms with E-state index >= 15 is 0 Å². The lowest BCUT2D eigenvalue weighted by Gasteiger charge is -2.33. The summed E-state index contributed by atoms with van der Waals surface area (Å²) in [6.45, 7) is 0.0128. The molecule has 2 N–H and O–H groups in total. The van der Waals surface area contributed by atoms with Gasteiger partial charge in [0.15, 0.2) is 5.65 Å². The Labute approximate surface area is 209 Å². The molecule has 0 radical (unpaired) electrons. The van der Waals surface area contributed by atoms with E-state index in [4.69, 9.17) is 4.74 Å². The molecule has 1 aromatic carbocycles. The summed E-state index contributed by atoms with van der Waals surface area (Å²) in [5.41, 5.74) is 1.32. The Balaban J connectivity index is 1.58. The average molecular weight is 522 g/mol. The minimum atomic E-state index is -2.83. The Morgan fingerprint density at radius 1 is 1.19 bits per heavy atom. The summed E-state index contributed by atoms with van der Waals surface area (Å²) in [4.78, 5) is 28.6. The van der Waals surface area contributed by atoms with E-state index in [1.807, 2.05) is 6.07 Å². The van der Waals surface area contributed by atoms with E-state index < -0.39 is 42.8 Å². The number of benzene rings is 1. The quantitative estimate of drug-likeness (QED) is 0.367. The molecular formula is C25H26F4N4O4. The molecule has 198 valence electrons. The summed E-state index contributed by atoms with van der Waals surface area (Å²) in [7, 11) is 0. The van der Waals surface area contributed by atoms with Crippen molar-refractivity contribution in [3.8, 4) is 0 Å². The van der Waals surface area contributed by atoms with Crippen molar-refractivity contribution in [2.45, 2.75) is 63.0 Å². The molecule has 1 amide bonds. The highest BCUT2D eigenvalue weighted by molar-refractivity contribution is 5.76. The molecule has 37 heavy (non-hydrogen) atoms. The molecule has 0 aliphatic heterocycles. The van der Waals surface area contributed by atoms with Crippen LogP contribution in [0.25, 0.3) is 5.65 Å². The number of fused-ring (bicyclic) bond motifs is 1. The Kier molecular flexibility index (Phi) is 7.94. The van der Waals surface area contributed by atoms with Crippen molar-refractivity contribution in [2.75, 3.05) is 0 Å². The normalized spacial score (nSPS) is 17.4. The molecule has 1 fully saturated rings. The Morgan fingerprint density at radius 2 is 1.89 bits per heavy atom. The van der Waals surface area contributed by atoms with E-state index in [9.17, 15) is 32.3 Å². The van der Waals surface area contributed by atoms with Gasteiger partial charge in [-0.3, -0.25) is 4.79 Å². The maximum Gasteiger partial charge on any atom is 0.408 e. The summed E-state index contributed by atoms with van der Waals surface area (Å²) in [5, 5.41) is 16.2. The molecule has 0 spiro atoms. The highest BCUT2D eigenvalue weighted by Gasteiger charge is 2.39. The summed E-state index contributed by atoms with van der Waals surface area (Å²) in [5.74, 6) is -6.03. The number of halogens is 4. The van der Waals surface area contributed by atoms with Gasteiger partial charge < -0.3 is 15.2 Å². The van der Waals surface area contributed by atoms with Gasteiger partial charge in [0.25, 0.3) is 0 Å². The zero-order valence-electron chi connectivity index (χ0n) is 19.7. The fraction of sp³-hybridized carbons (Fsp3) is 0.440. The highest BCUT2D eigenvalue weighted by atomic mass is 19.3. The Bertz CT molecular complexity index is 1230. The molecule has 1 saturated carbocycles. The summed E-state index contributed by atoms with van der Waals surface area (Å²) >= 11 is 0. The van der Waals surface area contributed by atoms with Crippen molar-refractivity contribution in [1.29, 1.82) is 0 Å². The van der Waals surface area contributed by atoms with Crippen LogP contribution in [0.2, 0.25) is 0 Å². The molecule has 12 heteroatoms. The summed E-state index contributed by atoms with van der Waals surface area (Å²) in [6.07, 6.45) is -2.18. The van der Waals surface area contributed by atoms with Crippen molar-refractivity contribution in [3.05, 3.63) is 65.6 Å². The largest absolute Gasteiger partial charge is 0.481 e. The summed E-state index contributed by atoms with van der Waals surface area (Å²) in [6, 6.07) is 9.58. The van der Waals surface area contributed by atoms with E-state index in [-0.39, 0.29) is 49.4 Å². The maximum atomic E-state index is 13.8. The molecule has 0 bridgehead atoms. The van der Waals surface area contributed by atoms with Crippen LogP contribution < -0.4 is 5.32 Å². The molecule has 1 aliphatic rings. The highest BCUT2D eigenvalue weighted by Crippen LogP contribution is 2.41. The number of ether oxygens (including phenoxy) is 1. The molecule has 4 rings (SSSR count). The van der Waals surface area contributed by atoms with E-state index in [0.29, 0.717) is 5.69 Å². The predicted octanol–water partition coefficient (Wildman–Crippen LogP) is 5.35. The number of carbonyl (C=O) groups excluding carboxylic acids is 1. The number of aliphatic carboxylic acids is 1. The number of imidazole rings is 1. The minimum Gasteiger partial charge on any atom is -0.481 e. The Morgan fingerprint density at radius 3 is 2.54 bits per heavy atom. The number of nitrogens with zero attached hydrogens (tertiary/aromatic N) is 3. The van der Waals surface area contributed by atoms with Crippen LogP contribution in [0, 0.1) is 5.92 Å². The second-order valence-corrected chi connectivity index (χ2v) is 9.15. The predicted molar refractivity (Wildman–Crippen MR) is 123 cm³/mol. The third kappa shape index (κ3) is 6.75. The molecular weight excluding hydrogens is 496 g/mol. The van der Waals surface area contributed by atoms with Gasteiger partial charge >= 0.3 is 12.1 Å². The first kappa shape index (κ1) is 26.4. The van der Waals surface area contributed by atoms with Crippen LogP contribution in [-0.2, 0) is 16.1 Å². The van der Waals surface area contributed by atoms with Crippen LogP contribution in [0.5, 0.6) is 0 Å². The third-order valence-corrected chi connectivity index (χ3v) is 6.51. The van der Waals surface area contributed by atoms with Gasteiger partial charge in [0, 0.05) is 19.3 Å². The van der Waals surface area contributed by atoms with E-state index in [2.05, 4.69) is 15.4 Å². The van der Waals surface area contributed by atoms with Gasteiger partial charge in [0.1, 0.15) is 6.61 Å². The number of rotatable bonds is 9. The smallest absolute Gasteiger partial charge is 0.408 e. The van der Waals surface area contributed by atoms with Gasteiger partial charge in [-0.05, 0) is 36.0 Å². The van der Waals surface area contributed by atoms with Crippen molar-refractivity contribution >= 4 is 17.7 Å². The number of hydrogen-bond acceptors (Lipinski definition) is 5. The lowest BCUT2D eigenvalue weighted by atomic mass is 9.81. The first-order valence-corrected chi connectivity index (χ1v) is 11.8. The van der Waals surface area contributed by atoms with Crippen LogP contribution in [0.1, 0.15) is 60.9 Å². The molecule has 0 saturated heterocycles. The molecule has 2 unspecified atom stereocenters. The minimum absolute atomic E-state index is 0.0128. The van der Waals surface area contributed by atoms with Gasteiger partial charge in [-0.25, -0.2) is 31.9 Å². The number of alkyl carbamates (subject to hydrolysis) is 1.